The second-order valence-corrected chi connectivity index (χ2v) is 4.37. The van der Waals surface area contributed by atoms with Gasteiger partial charge in [0.1, 0.15) is 0 Å². The van der Waals surface area contributed by atoms with Gasteiger partial charge in [-0.25, -0.2) is 0 Å². The summed E-state index contributed by atoms with van der Waals surface area (Å²) in [6, 6.07) is 7.15. The van der Waals surface area contributed by atoms with Gasteiger partial charge in [0.15, 0.2) is 0 Å². The van der Waals surface area contributed by atoms with Crippen molar-refractivity contribution < 1.29 is 9.59 Å². The Morgan fingerprint density at radius 2 is 1.94 bits per heavy atom. The van der Waals surface area contributed by atoms with E-state index >= 15 is 0 Å². The molecule has 98 valence electrons. The van der Waals surface area contributed by atoms with Gasteiger partial charge in [-0.3, -0.25) is 9.59 Å². The maximum absolute atomic E-state index is 11.7. The Bertz CT molecular complexity index is 421. The summed E-state index contributed by atoms with van der Waals surface area (Å²) in [5.74, 6) is 0.0711. The second kappa shape index (κ2) is 7.71. The molecule has 0 aromatic heterocycles. The Hall–Kier alpha value is -1.55. The lowest BCUT2D eigenvalue weighted by Crippen LogP contribution is -2.17. The lowest BCUT2D eigenvalue weighted by molar-refractivity contribution is -0.118. The number of alkyl halides is 1. The summed E-state index contributed by atoms with van der Waals surface area (Å²) in [5, 5.41) is 2.78. The molecular formula is C13H17ClN2O2. The van der Waals surface area contributed by atoms with Crippen LogP contribution in [-0.4, -0.2) is 17.7 Å². The van der Waals surface area contributed by atoms with Crippen LogP contribution in [0.25, 0.3) is 0 Å². The number of halogens is 1. The first-order valence-electron chi connectivity index (χ1n) is 5.85. The summed E-state index contributed by atoms with van der Waals surface area (Å²) in [6.45, 7) is 0. The SMILES string of the molecule is NC(=O)Cc1ccccc1NC(=O)CCCCCl. The van der Waals surface area contributed by atoms with E-state index in [1.165, 1.54) is 0 Å². The number of anilines is 1. The van der Waals surface area contributed by atoms with Crippen molar-refractivity contribution in [2.45, 2.75) is 25.7 Å². The van der Waals surface area contributed by atoms with Crippen LogP contribution in [0.5, 0.6) is 0 Å². The number of nitrogens with one attached hydrogen (secondary N) is 1. The van der Waals surface area contributed by atoms with Gasteiger partial charge in [0.25, 0.3) is 0 Å². The normalized spacial score (nSPS) is 10.1. The molecule has 0 unspecified atom stereocenters. The molecule has 4 nitrogen and oxygen atoms in total. The van der Waals surface area contributed by atoms with E-state index in [9.17, 15) is 9.59 Å². The first kappa shape index (κ1) is 14.5. The number of benzene rings is 1. The summed E-state index contributed by atoms with van der Waals surface area (Å²) >= 11 is 5.54. The average molecular weight is 269 g/mol. The predicted molar refractivity (Wildman–Crippen MR) is 72.5 cm³/mol. The summed E-state index contributed by atoms with van der Waals surface area (Å²) in [7, 11) is 0. The number of nitrogens with two attached hydrogens (primary N) is 1. The Morgan fingerprint density at radius 3 is 2.61 bits per heavy atom. The van der Waals surface area contributed by atoms with E-state index in [0.717, 1.165) is 18.4 Å². The van der Waals surface area contributed by atoms with E-state index in [1.54, 1.807) is 24.3 Å². The van der Waals surface area contributed by atoms with Gasteiger partial charge in [-0.1, -0.05) is 18.2 Å². The van der Waals surface area contributed by atoms with Crippen molar-refractivity contribution in [2.24, 2.45) is 5.73 Å². The van der Waals surface area contributed by atoms with Gasteiger partial charge in [-0.2, -0.15) is 0 Å². The van der Waals surface area contributed by atoms with Crippen LogP contribution in [0, 0.1) is 0 Å². The fourth-order valence-electron chi connectivity index (χ4n) is 1.58. The zero-order valence-corrected chi connectivity index (χ0v) is 10.9. The zero-order chi connectivity index (χ0) is 13.4. The standard InChI is InChI=1S/C13H17ClN2O2/c14-8-4-3-7-13(18)16-11-6-2-1-5-10(11)9-12(15)17/h1-2,5-6H,3-4,7-9H2,(H2,15,17)(H,16,18). The summed E-state index contributed by atoms with van der Waals surface area (Å²) < 4.78 is 0. The summed E-state index contributed by atoms with van der Waals surface area (Å²) in [5.41, 5.74) is 6.53. The maximum atomic E-state index is 11.7. The van der Waals surface area contributed by atoms with Gasteiger partial charge in [-0.15, -0.1) is 11.6 Å². The fourth-order valence-corrected chi connectivity index (χ4v) is 1.77. The lowest BCUT2D eigenvalue weighted by atomic mass is 10.1. The Morgan fingerprint density at radius 1 is 1.22 bits per heavy atom. The summed E-state index contributed by atoms with van der Waals surface area (Å²) in [4.78, 5) is 22.6. The molecule has 0 radical (unpaired) electrons. The van der Waals surface area contributed by atoms with Crippen LogP contribution < -0.4 is 11.1 Å². The molecule has 2 amide bonds. The van der Waals surface area contributed by atoms with Gasteiger partial charge in [0.2, 0.25) is 11.8 Å². The number of carbonyl (C=O) groups excluding carboxylic acids is 2. The molecule has 0 aliphatic rings. The van der Waals surface area contributed by atoms with Crippen LogP contribution in [0.15, 0.2) is 24.3 Å². The smallest absolute Gasteiger partial charge is 0.224 e. The maximum Gasteiger partial charge on any atom is 0.224 e. The van der Waals surface area contributed by atoms with Crippen LogP contribution in [0.4, 0.5) is 5.69 Å². The van der Waals surface area contributed by atoms with Crippen molar-refractivity contribution in [3.8, 4) is 0 Å². The van der Waals surface area contributed by atoms with E-state index < -0.39 is 5.91 Å². The number of para-hydroxylation sites is 1. The van der Waals surface area contributed by atoms with Gasteiger partial charge in [0, 0.05) is 18.0 Å². The number of primary amides is 1. The first-order chi connectivity index (χ1) is 8.63. The van der Waals surface area contributed by atoms with E-state index in [4.69, 9.17) is 17.3 Å². The van der Waals surface area contributed by atoms with E-state index in [-0.39, 0.29) is 12.3 Å². The number of hydrogen-bond acceptors (Lipinski definition) is 2. The average Bonchev–Trinajstić information content (AvgIpc) is 2.31. The highest BCUT2D eigenvalue weighted by Gasteiger charge is 2.08. The molecule has 1 aromatic carbocycles. The molecule has 0 bridgehead atoms. The molecule has 0 atom stereocenters. The Balaban J connectivity index is 2.60. The van der Waals surface area contributed by atoms with Crippen molar-refractivity contribution in [2.75, 3.05) is 11.2 Å². The van der Waals surface area contributed by atoms with Crippen LogP contribution in [0.3, 0.4) is 0 Å². The number of carbonyl (C=O) groups is 2. The van der Waals surface area contributed by atoms with Gasteiger partial charge in [0.05, 0.1) is 6.42 Å². The van der Waals surface area contributed by atoms with Crippen molar-refractivity contribution >= 4 is 29.1 Å². The van der Waals surface area contributed by atoms with Gasteiger partial charge in [-0.05, 0) is 24.5 Å². The third kappa shape index (κ3) is 5.19. The molecule has 0 aliphatic heterocycles. The number of unbranched alkanes of at least 4 members (excludes halogenated alkanes) is 1. The van der Waals surface area contributed by atoms with E-state index in [0.29, 0.717) is 18.0 Å². The highest BCUT2D eigenvalue weighted by atomic mass is 35.5. The number of amides is 2. The predicted octanol–water partition coefficient (Wildman–Crippen LogP) is 2.06. The van der Waals surface area contributed by atoms with Gasteiger partial charge < -0.3 is 11.1 Å². The molecule has 1 aromatic rings. The van der Waals surface area contributed by atoms with Crippen molar-refractivity contribution in [3.05, 3.63) is 29.8 Å². The highest BCUT2D eigenvalue weighted by molar-refractivity contribution is 6.17. The Labute approximate surface area is 112 Å². The third-order valence-corrected chi connectivity index (χ3v) is 2.71. The summed E-state index contributed by atoms with van der Waals surface area (Å²) in [6.07, 6.45) is 2.13. The van der Waals surface area contributed by atoms with Crippen LogP contribution >= 0.6 is 11.6 Å². The largest absolute Gasteiger partial charge is 0.369 e. The minimum atomic E-state index is -0.418. The monoisotopic (exact) mass is 268 g/mol. The molecule has 18 heavy (non-hydrogen) atoms. The second-order valence-electron chi connectivity index (χ2n) is 3.99. The quantitative estimate of drug-likeness (QED) is 0.587. The van der Waals surface area contributed by atoms with Crippen LogP contribution in [-0.2, 0) is 16.0 Å². The van der Waals surface area contributed by atoms with Crippen molar-refractivity contribution in [3.63, 3.8) is 0 Å². The number of rotatable bonds is 7. The highest BCUT2D eigenvalue weighted by Crippen LogP contribution is 2.16. The minimum Gasteiger partial charge on any atom is -0.369 e. The fraction of sp³-hybridized carbons (Fsp3) is 0.385. The lowest BCUT2D eigenvalue weighted by Gasteiger charge is -2.09. The molecule has 0 heterocycles. The number of hydrogen-bond donors (Lipinski definition) is 2. The van der Waals surface area contributed by atoms with Crippen LogP contribution in [0.2, 0.25) is 0 Å². The zero-order valence-electron chi connectivity index (χ0n) is 10.1. The molecular weight excluding hydrogens is 252 g/mol. The van der Waals surface area contributed by atoms with Crippen molar-refractivity contribution in [1.82, 2.24) is 0 Å². The topological polar surface area (TPSA) is 72.2 Å². The van der Waals surface area contributed by atoms with Gasteiger partial charge >= 0.3 is 0 Å². The molecule has 3 N–H and O–H groups in total. The van der Waals surface area contributed by atoms with E-state index in [1.807, 2.05) is 0 Å². The molecule has 1 rings (SSSR count). The minimum absolute atomic E-state index is 0.0722. The molecule has 0 saturated carbocycles. The van der Waals surface area contributed by atoms with Crippen molar-refractivity contribution in [1.29, 1.82) is 0 Å². The first-order valence-corrected chi connectivity index (χ1v) is 6.39. The molecule has 0 aliphatic carbocycles. The molecule has 5 heteroatoms. The third-order valence-electron chi connectivity index (χ3n) is 2.44. The van der Waals surface area contributed by atoms with Crippen LogP contribution in [0.1, 0.15) is 24.8 Å². The Kier molecular flexibility index (Phi) is 6.22. The molecule has 0 saturated heterocycles. The van der Waals surface area contributed by atoms with E-state index in [2.05, 4.69) is 5.32 Å². The molecule has 0 fully saturated rings. The molecule has 0 spiro atoms.